The van der Waals surface area contributed by atoms with Gasteiger partial charge in [-0.15, -0.1) is 0 Å². The van der Waals surface area contributed by atoms with Gasteiger partial charge in [0.25, 0.3) is 6.47 Å². The number of hydrogen-bond donors (Lipinski definition) is 0. The van der Waals surface area contributed by atoms with Crippen LogP contribution in [0.3, 0.4) is 0 Å². The highest BCUT2D eigenvalue weighted by molar-refractivity contribution is 5.36. The van der Waals surface area contributed by atoms with Crippen molar-refractivity contribution >= 4 is 6.47 Å². The van der Waals surface area contributed by atoms with Crippen molar-refractivity contribution in [1.82, 2.24) is 0 Å². The molecule has 0 bridgehead atoms. The molecule has 4 nitrogen and oxygen atoms in total. The number of benzene rings is 1. The average molecular weight is 280 g/mol. The van der Waals surface area contributed by atoms with Crippen molar-refractivity contribution in [3.63, 3.8) is 0 Å². The number of hydrogen-bond acceptors (Lipinski definition) is 4. The lowest BCUT2D eigenvalue weighted by Gasteiger charge is -2.16. The Morgan fingerprint density at radius 3 is 2.45 bits per heavy atom. The third-order valence-corrected chi connectivity index (χ3v) is 3.03. The Labute approximate surface area is 121 Å². The Balaban J connectivity index is 2.40. The third-order valence-electron chi connectivity index (χ3n) is 3.03. The van der Waals surface area contributed by atoms with E-state index in [2.05, 4.69) is 31.2 Å². The summed E-state index contributed by atoms with van der Waals surface area (Å²) in [5, 5.41) is 0. The first kappa shape index (κ1) is 16.7. The minimum Gasteiger partial charge on any atom is -0.465 e. The highest BCUT2D eigenvalue weighted by Crippen LogP contribution is 2.10. The van der Waals surface area contributed by atoms with Gasteiger partial charge >= 0.3 is 0 Å². The largest absolute Gasteiger partial charge is 0.465 e. The van der Waals surface area contributed by atoms with Crippen molar-refractivity contribution in [2.75, 3.05) is 20.3 Å². The van der Waals surface area contributed by atoms with Crippen molar-refractivity contribution in [3.8, 4) is 0 Å². The third kappa shape index (κ3) is 6.68. The Morgan fingerprint density at radius 2 is 1.85 bits per heavy atom. The van der Waals surface area contributed by atoms with Crippen LogP contribution < -0.4 is 0 Å². The van der Waals surface area contributed by atoms with Gasteiger partial charge in [-0.05, 0) is 24.0 Å². The predicted octanol–water partition coefficient (Wildman–Crippen LogP) is 2.73. The van der Waals surface area contributed by atoms with E-state index in [1.807, 2.05) is 0 Å². The fraction of sp³-hybridized carbons (Fsp3) is 0.562. The van der Waals surface area contributed by atoms with Crippen LogP contribution in [0.25, 0.3) is 0 Å². The minimum absolute atomic E-state index is 0.214. The molecule has 0 amide bonds. The molecular formula is C16H24O4. The van der Waals surface area contributed by atoms with Gasteiger partial charge in [-0.2, -0.15) is 0 Å². The van der Waals surface area contributed by atoms with Crippen molar-refractivity contribution in [2.45, 2.75) is 38.9 Å². The van der Waals surface area contributed by atoms with Crippen LogP contribution in [0, 0.1) is 0 Å². The van der Waals surface area contributed by atoms with E-state index in [1.54, 1.807) is 7.11 Å². The normalized spacial score (nSPS) is 12.1. The molecule has 0 aromatic heterocycles. The summed E-state index contributed by atoms with van der Waals surface area (Å²) in [6.45, 7) is 3.73. The smallest absolute Gasteiger partial charge is 0.293 e. The van der Waals surface area contributed by atoms with E-state index < -0.39 is 0 Å². The monoisotopic (exact) mass is 280 g/mol. The molecule has 20 heavy (non-hydrogen) atoms. The molecule has 0 aliphatic heterocycles. The Kier molecular flexibility index (Phi) is 8.67. The number of ether oxygens (including phenoxy) is 3. The summed E-state index contributed by atoms with van der Waals surface area (Å²) in [6, 6.07) is 8.44. The van der Waals surface area contributed by atoms with E-state index in [0.717, 1.165) is 12.0 Å². The zero-order valence-electron chi connectivity index (χ0n) is 12.3. The molecule has 4 heteroatoms. The summed E-state index contributed by atoms with van der Waals surface area (Å²) < 4.78 is 15.4. The number of rotatable bonds is 11. The molecule has 112 valence electrons. The lowest BCUT2D eigenvalue weighted by molar-refractivity contribution is -0.135. The summed E-state index contributed by atoms with van der Waals surface area (Å²) in [5.74, 6) is 0. The maximum Gasteiger partial charge on any atom is 0.293 e. The quantitative estimate of drug-likeness (QED) is 0.585. The first-order chi connectivity index (χ1) is 9.80. The van der Waals surface area contributed by atoms with E-state index in [-0.39, 0.29) is 12.7 Å². The topological polar surface area (TPSA) is 44.8 Å². The highest BCUT2D eigenvalue weighted by atomic mass is 16.6. The average Bonchev–Trinajstić information content (AvgIpc) is 2.49. The maximum atomic E-state index is 10.2. The van der Waals surface area contributed by atoms with Crippen molar-refractivity contribution in [3.05, 3.63) is 35.4 Å². The highest BCUT2D eigenvalue weighted by Gasteiger charge is 2.09. The molecule has 0 saturated heterocycles. The molecule has 0 N–H and O–H groups in total. The molecule has 0 spiro atoms. The Morgan fingerprint density at radius 1 is 1.15 bits per heavy atom. The number of carbonyl (C=O) groups is 1. The molecule has 1 aromatic rings. The second-order valence-electron chi connectivity index (χ2n) is 4.74. The standard InChI is InChI=1S/C16H24O4/c1-3-4-5-14-6-8-15(9-7-14)10-20-16(11-18-2)12-19-13-17/h6-9,13,16H,3-5,10-12H2,1-2H3. The predicted molar refractivity (Wildman–Crippen MR) is 77.5 cm³/mol. The molecular weight excluding hydrogens is 256 g/mol. The Bertz CT molecular complexity index is 361. The fourth-order valence-corrected chi connectivity index (χ4v) is 1.87. The van der Waals surface area contributed by atoms with Gasteiger partial charge in [0.2, 0.25) is 0 Å². The van der Waals surface area contributed by atoms with E-state index in [4.69, 9.17) is 14.2 Å². The zero-order valence-corrected chi connectivity index (χ0v) is 12.3. The molecule has 1 aromatic carbocycles. The second kappa shape index (κ2) is 10.4. The molecule has 0 aliphatic rings. The second-order valence-corrected chi connectivity index (χ2v) is 4.74. The lowest BCUT2D eigenvalue weighted by Crippen LogP contribution is -2.24. The van der Waals surface area contributed by atoms with Gasteiger partial charge < -0.3 is 14.2 Å². The van der Waals surface area contributed by atoms with E-state index in [1.165, 1.54) is 18.4 Å². The summed E-state index contributed by atoms with van der Waals surface area (Å²) in [4.78, 5) is 10.2. The van der Waals surface area contributed by atoms with Gasteiger partial charge in [0.15, 0.2) is 0 Å². The van der Waals surface area contributed by atoms with E-state index in [9.17, 15) is 4.79 Å². The number of carbonyl (C=O) groups excluding carboxylic acids is 1. The summed E-state index contributed by atoms with van der Waals surface area (Å²) >= 11 is 0. The maximum absolute atomic E-state index is 10.2. The summed E-state index contributed by atoms with van der Waals surface area (Å²) in [5.41, 5.74) is 2.46. The van der Waals surface area contributed by atoms with E-state index >= 15 is 0 Å². The van der Waals surface area contributed by atoms with Crippen LogP contribution in [0.1, 0.15) is 30.9 Å². The van der Waals surface area contributed by atoms with Crippen LogP contribution >= 0.6 is 0 Å². The zero-order chi connectivity index (χ0) is 14.6. The molecule has 0 radical (unpaired) electrons. The number of unbranched alkanes of at least 4 members (excludes halogenated alkanes) is 1. The van der Waals surface area contributed by atoms with Gasteiger partial charge in [-0.25, -0.2) is 0 Å². The van der Waals surface area contributed by atoms with Gasteiger partial charge in [-0.1, -0.05) is 37.6 Å². The molecule has 0 fully saturated rings. The summed E-state index contributed by atoms with van der Waals surface area (Å²) in [7, 11) is 1.60. The van der Waals surface area contributed by atoms with Crippen LogP contribution in [-0.2, 0) is 32.0 Å². The molecule has 0 heterocycles. The first-order valence-corrected chi connectivity index (χ1v) is 7.03. The molecule has 0 aliphatic carbocycles. The van der Waals surface area contributed by atoms with Crippen molar-refractivity contribution < 1.29 is 19.0 Å². The van der Waals surface area contributed by atoms with Crippen LogP contribution in [0.2, 0.25) is 0 Å². The van der Waals surface area contributed by atoms with Crippen LogP contribution in [0.4, 0.5) is 0 Å². The number of aryl methyl sites for hydroxylation is 1. The Hall–Kier alpha value is -1.39. The summed E-state index contributed by atoms with van der Waals surface area (Å²) in [6.07, 6.45) is 3.32. The molecule has 1 rings (SSSR count). The van der Waals surface area contributed by atoms with Gasteiger partial charge in [0.1, 0.15) is 12.7 Å². The molecule has 1 unspecified atom stereocenters. The minimum atomic E-state index is -0.232. The first-order valence-electron chi connectivity index (χ1n) is 7.03. The number of methoxy groups -OCH3 is 1. The van der Waals surface area contributed by atoms with Gasteiger partial charge in [0.05, 0.1) is 13.2 Å². The van der Waals surface area contributed by atoms with Crippen molar-refractivity contribution in [2.24, 2.45) is 0 Å². The van der Waals surface area contributed by atoms with Crippen LogP contribution in [-0.4, -0.2) is 32.9 Å². The fourth-order valence-electron chi connectivity index (χ4n) is 1.87. The van der Waals surface area contributed by atoms with Gasteiger partial charge in [-0.3, -0.25) is 4.79 Å². The van der Waals surface area contributed by atoms with Gasteiger partial charge in [0, 0.05) is 7.11 Å². The lowest BCUT2D eigenvalue weighted by atomic mass is 10.1. The van der Waals surface area contributed by atoms with Crippen LogP contribution in [0.15, 0.2) is 24.3 Å². The van der Waals surface area contributed by atoms with Crippen LogP contribution in [0.5, 0.6) is 0 Å². The SMILES string of the molecule is CCCCc1ccc(COC(COC)COC=O)cc1. The van der Waals surface area contributed by atoms with Crippen molar-refractivity contribution in [1.29, 1.82) is 0 Å². The molecule has 1 atom stereocenters. The molecule has 0 saturated carbocycles. The van der Waals surface area contributed by atoms with E-state index in [0.29, 0.717) is 19.7 Å².